The van der Waals surface area contributed by atoms with E-state index in [0.29, 0.717) is 29.4 Å². The highest BCUT2D eigenvalue weighted by Gasteiger charge is 2.22. The van der Waals surface area contributed by atoms with Crippen LogP contribution >= 0.6 is 0 Å². The molecule has 0 aliphatic carbocycles. The third-order valence-corrected chi connectivity index (χ3v) is 4.78. The molecule has 6 nitrogen and oxygen atoms in total. The van der Waals surface area contributed by atoms with Crippen molar-refractivity contribution in [1.29, 1.82) is 0 Å². The number of nitrogens with zero attached hydrogens (tertiary/aromatic N) is 2. The summed E-state index contributed by atoms with van der Waals surface area (Å²) in [7, 11) is -0.734. The van der Waals surface area contributed by atoms with Crippen LogP contribution in [0.2, 0.25) is 0 Å². The highest BCUT2D eigenvalue weighted by Crippen LogP contribution is 2.30. The fourth-order valence-corrected chi connectivity index (χ4v) is 3.52. The van der Waals surface area contributed by atoms with Gasteiger partial charge in [-0.1, -0.05) is 6.92 Å². The largest absolute Gasteiger partial charge is 0.493 e. The van der Waals surface area contributed by atoms with Crippen molar-refractivity contribution in [3.8, 4) is 11.5 Å². The molecule has 7 heteroatoms. The zero-order valence-corrected chi connectivity index (χ0v) is 13.3. The SMILES string of the molecule is CCc1nc(C)cn1S(=O)(=O)c1ccc(OC)c(OC)c1. The Balaban J connectivity index is 2.58. The lowest BCUT2D eigenvalue weighted by Gasteiger charge is -2.11. The molecule has 1 aromatic carbocycles. The van der Waals surface area contributed by atoms with E-state index in [1.807, 2.05) is 6.92 Å². The van der Waals surface area contributed by atoms with E-state index in [-0.39, 0.29) is 4.90 Å². The Hall–Kier alpha value is -2.02. The lowest BCUT2D eigenvalue weighted by molar-refractivity contribution is 0.354. The quantitative estimate of drug-likeness (QED) is 0.845. The molecule has 0 radical (unpaired) electrons. The average Bonchev–Trinajstić information content (AvgIpc) is 2.88. The molecule has 0 amide bonds. The number of ether oxygens (including phenoxy) is 2. The predicted molar refractivity (Wildman–Crippen MR) is 78.5 cm³/mol. The van der Waals surface area contributed by atoms with Crippen LogP contribution < -0.4 is 9.47 Å². The van der Waals surface area contributed by atoms with Crippen molar-refractivity contribution in [2.24, 2.45) is 0 Å². The summed E-state index contributed by atoms with van der Waals surface area (Å²) in [6.07, 6.45) is 2.05. The minimum Gasteiger partial charge on any atom is -0.493 e. The maximum atomic E-state index is 12.7. The molecule has 0 spiro atoms. The highest BCUT2D eigenvalue weighted by molar-refractivity contribution is 7.90. The molecular weight excluding hydrogens is 292 g/mol. The second kappa shape index (κ2) is 5.77. The summed E-state index contributed by atoms with van der Waals surface area (Å²) in [6.45, 7) is 3.63. The summed E-state index contributed by atoms with van der Waals surface area (Å²) in [5.41, 5.74) is 0.663. The number of aromatic nitrogens is 2. The van der Waals surface area contributed by atoms with Crippen LogP contribution in [0.3, 0.4) is 0 Å². The fraction of sp³-hybridized carbons (Fsp3) is 0.357. The maximum absolute atomic E-state index is 12.7. The molecule has 21 heavy (non-hydrogen) atoms. The van der Waals surface area contributed by atoms with Crippen LogP contribution in [0.1, 0.15) is 18.4 Å². The molecule has 0 saturated heterocycles. The summed E-state index contributed by atoms with van der Waals surface area (Å²) < 4.78 is 36.9. The van der Waals surface area contributed by atoms with Crippen molar-refractivity contribution < 1.29 is 17.9 Å². The Morgan fingerprint density at radius 3 is 2.43 bits per heavy atom. The van der Waals surface area contributed by atoms with Crippen LogP contribution in [0, 0.1) is 6.92 Å². The number of benzene rings is 1. The van der Waals surface area contributed by atoms with E-state index in [4.69, 9.17) is 9.47 Å². The third-order valence-electron chi connectivity index (χ3n) is 3.09. The van der Waals surface area contributed by atoms with Crippen LogP contribution in [-0.4, -0.2) is 31.6 Å². The minimum atomic E-state index is -3.70. The number of hydrogen-bond donors (Lipinski definition) is 0. The molecule has 0 N–H and O–H groups in total. The molecule has 0 aliphatic heterocycles. The van der Waals surface area contributed by atoms with Gasteiger partial charge in [-0.25, -0.2) is 17.4 Å². The Kier molecular flexibility index (Phi) is 4.22. The lowest BCUT2D eigenvalue weighted by Crippen LogP contribution is -2.15. The van der Waals surface area contributed by atoms with Gasteiger partial charge in [0.1, 0.15) is 5.82 Å². The molecule has 0 bridgehead atoms. The maximum Gasteiger partial charge on any atom is 0.269 e. The van der Waals surface area contributed by atoms with Gasteiger partial charge in [-0.3, -0.25) is 0 Å². The second-order valence-electron chi connectivity index (χ2n) is 4.47. The minimum absolute atomic E-state index is 0.132. The van der Waals surface area contributed by atoms with Crippen molar-refractivity contribution in [2.45, 2.75) is 25.2 Å². The van der Waals surface area contributed by atoms with Gasteiger partial charge in [-0.05, 0) is 19.1 Å². The monoisotopic (exact) mass is 310 g/mol. The average molecular weight is 310 g/mol. The van der Waals surface area contributed by atoms with Gasteiger partial charge in [-0.15, -0.1) is 0 Å². The molecule has 0 saturated carbocycles. The zero-order valence-electron chi connectivity index (χ0n) is 12.5. The first-order valence-electron chi connectivity index (χ1n) is 6.46. The molecule has 2 aromatic rings. The Bertz CT molecular complexity index is 750. The predicted octanol–water partition coefficient (Wildman–Crippen LogP) is 2.01. The van der Waals surface area contributed by atoms with E-state index in [1.54, 1.807) is 13.0 Å². The molecule has 0 unspecified atom stereocenters. The van der Waals surface area contributed by atoms with Gasteiger partial charge in [-0.2, -0.15) is 0 Å². The molecule has 0 atom stereocenters. The molecule has 0 aliphatic rings. The number of hydrogen-bond acceptors (Lipinski definition) is 5. The molecular formula is C14H18N2O4S. The summed E-state index contributed by atoms with van der Waals surface area (Å²) in [5, 5.41) is 0. The van der Waals surface area contributed by atoms with Gasteiger partial charge in [0.15, 0.2) is 11.5 Å². The summed E-state index contributed by atoms with van der Waals surface area (Å²) in [6, 6.07) is 4.51. The van der Waals surface area contributed by atoms with Gasteiger partial charge < -0.3 is 9.47 Å². The Labute approximate surface area is 124 Å². The van der Waals surface area contributed by atoms with Gasteiger partial charge in [0, 0.05) is 18.7 Å². The smallest absolute Gasteiger partial charge is 0.269 e. The van der Waals surface area contributed by atoms with Crippen LogP contribution in [0.25, 0.3) is 0 Å². The number of imidazole rings is 1. The number of methoxy groups -OCH3 is 2. The molecule has 1 aromatic heterocycles. The van der Waals surface area contributed by atoms with Crippen molar-refractivity contribution in [3.63, 3.8) is 0 Å². The van der Waals surface area contributed by atoms with E-state index in [0.717, 1.165) is 0 Å². The highest BCUT2D eigenvalue weighted by atomic mass is 32.2. The molecule has 1 heterocycles. The van der Waals surface area contributed by atoms with Crippen molar-refractivity contribution in [1.82, 2.24) is 8.96 Å². The normalized spacial score (nSPS) is 11.4. The summed E-state index contributed by atoms with van der Waals surface area (Å²) in [5.74, 6) is 1.35. The Morgan fingerprint density at radius 2 is 1.86 bits per heavy atom. The van der Waals surface area contributed by atoms with E-state index in [2.05, 4.69) is 4.98 Å². The first-order chi connectivity index (χ1) is 9.93. The topological polar surface area (TPSA) is 70.4 Å². The summed E-state index contributed by atoms with van der Waals surface area (Å²) in [4.78, 5) is 4.36. The van der Waals surface area contributed by atoms with Gasteiger partial charge in [0.2, 0.25) is 0 Å². The zero-order chi connectivity index (χ0) is 15.6. The van der Waals surface area contributed by atoms with Crippen molar-refractivity contribution >= 4 is 10.0 Å². The molecule has 2 rings (SSSR count). The van der Waals surface area contributed by atoms with Crippen LogP contribution in [-0.2, 0) is 16.4 Å². The third kappa shape index (κ3) is 2.73. The van der Waals surface area contributed by atoms with E-state index < -0.39 is 10.0 Å². The first kappa shape index (κ1) is 15.4. The van der Waals surface area contributed by atoms with Crippen LogP contribution in [0.15, 0.2) is 29.3 Å². The second-order valence-corrected chi connectivity index (χ2v) is 6.28. The summed E-state index contributed by atoms with van der Waals surface area (Å²) >= 11 is 0. The van der Waals surface area contributed by atoms with Crippen molar-refractivity contribution in [2.75, 3.05) is 14.2 Å². The van der Waals surface area contributed by atoms with Crippen molar-refractivity contribution in [3.05, 3.63) is 35.9 Å². The number of aryl methyl sites for hydroxylation is 2. The van der Waals surface area contributed by atoms with E-state index >= 15 is 0 Å². The fourth-order valence-electron chi connectivity index (χ4n) is 2.06. The molecule has 0 fully saturated rings. The van der Waals surface area contributed by atoms with Gasteiger partial charge in [0.05, 0.1) is 24.8 Å². The standard InChI is InChI=1S/C14H18N2O4S/c1-5-14-15-10(2)9-16(14)21(17,18)11-6-7-12(19-3)13(8-11)20-4/h6-9H,5H2,1-4H3. The lowest BCUT2D eigenvalue weighted by atomic mass is 10.3. The van der Waals surface area contributed by atoms with Crippen LogP contribution in [0.5, 0.6) is 11.5 Å². The Morgan fingerprint density at radius 1 is 1.19 bits per heavy atom. The first-order valence-corrected chi connectivity index (χ1v) is 7.90. The van der Waals surface area contributed by atoms with E-state index in [1.165, 1.54) is 36.5 Å². The van der Waals surface area contributed by atoms with Gasteiger partial charge in [0.25, 0.3) is 10.0 Å². The van der Waals surface area contributed by atoms with Gasteiger partial charge >= 0.3 is 0 Å². The van der Waals surface area contributed by atoms with E-state index in [9.17, 15) is 8.42 Å². The number of rotatable bonds is 5. The molecule has 114 valence electrons. The van der Waals surface area contributed by atoms with Crippen LogP contribution in [0.4, 0.5) is 0 Å².